The third-order valence-corrected chi connectivity index (χ3v) is 25.5. The highest BCUT2D eigenvalue weighted by Gasteiger charge is 2.38. The standard InChI is InChI=1S/C100H195N5O4/c1-3-5-7-9-11-13-15-17-19-21-23-25-27-29-31-33-35-37-39-41-43-45-47-49-51-53-55-57-59-61-63-65-67-69-71-73-75-77-79-81-83-95-93-97(106)104(99(95)108)91-89-102-87-85-101-86-88-103-90-92-105-98(107)94-96(100(105)109)84-82-80-78-76-74-72-70-68-66-64-62-60-58-56-54-52-50-48-46-44-42-40-38-36-34-32-30-28-26-24-22-20-18-16-14-12-10-8-6-4-2/h95-96,101-103H,3-94H2,1-2H3. The Morgan fingerprint density at radius 1 is 0.193 bits per heavy atom. The fourth-order valence-electron chi connectivity index (χ4n) is 17.9. The molecule has 9 nitrogen and oxygen atoms in total. The lowest BCUT2D eigenvalue weighted by Gasteiger charge is -2.16. The van der Waals surface area contributed by atoms with Crippen LogP contribution in [0.5, 0.6) is 0 Å². The highest BCUT2D eigenvalue weighted by molar-refractivity contribution is 6.04. The fourth-order valence-corrected chi connectivity index (χ4v) is 17.9. The van der Waals surface area contributed by atoms with Crippen molar-refractivity contribution < 1.29 is 19.2 Å². The lowest BCUT2D eigenvalue weighted by atomic mass is 9.98. The number of carbonyl (C=O) groups is 4. The van der Waals surface area contributed by atoms with E-state index in [0.29, 0.717) is 39.0 Å². The molecule has 2 heterocycles. The summed E-state index contributed by atoms with van der Waals surface area (Å²) < 4.78 is 0. The second-order valence-corrected chi connectivity index (χ2v) is 36.0. The summed E-state index contributed by atoms with van der Waals surface area (Å²) in [4.78, 5) is 54.7. The van der Waals surface area contributed by atoms with Crippen molar-refractivity contribution in [2.24, 2.45) is 11.8 Å². The van der Waals surface area contributed by atoms with Crippen LogP contribution in [-0.4, -0.2) is 85.8 Å². The van der Waals surface area contributed by atoms with Crippen LogP contribution in [0.15, 0.2) is 0 Å². The first-order valence-electron chi connectivity index (χ1n) is 50.8. The van der Waals surface area contributed by atoms with Crippen molar-refractivity contribution in [1.29, 1.82) is 0 Å². The molecule has 9 heteroatoms. The minimum absolute atomic E-state index is 0.00596. The molecule has 109 heavy (non-hydrogen) atoms. The van der Waals surface area contributed by atoms with Gasteiger partial charge in [0.1, 0.15) is 0 Å². The number of nitrogens with zero attached hydrogens (tertiary/aromatic N) is 2. The van der Waals surface area contributed by atoms with Gasteiger partial charge in [0.2, 0.25) is 23.6 Å². The molecule has 3 N–H and O–H groups in total. The average molecular weight is 1530 g/mol. The molecule has 0 aromatic carbocycles. The number of hydrogen-bond acceptors (Lipinski definition) is 7. The zero-order valence-electron chi connectivity index (χ0n) is 74.2. The molecule has 2 aliphatic heterocycles. The Bertz CT molecular complexity index is 1750. The molecule has 2 fully saturated rings. The topological polar surface area (TPSA) is 111 Å². The van der Waals surface area contributed by atoms with E-state index < -0.39 is 0 Å². The Morgan fingerprint density at radius 2 is 0.321 bits per heavy atom. The van der Waals surface area contributed by atoms with Gasteiger partial charge in [0.15, 0.2) is 0 Å². The predicted octanol–water partition coefficient (Wildman–Crippen LogP) is 30.5. The second-order valence-electron chi connectivity index (χ2n) is 36.0. The van der Waals surface area contributed by atoms with Gasteiger partial charge in [-0.15, -0.1) is 0 Å². The zero-order chi connectivity index (χ0) is 77.8. The predicted molar refractivity (Wildman–Crippen MR) is 478 cm³/mol. The third kappa shape index (κ3) is 70.1. The van der Waals surface area contributed by atoms with Gasteiger partial charge in [0.25, 0.3) is 0 Å². The summed E-state index contributed by atoms with van der Waals surface area (Å²) in [6.45, 7) is 9.84. The van der Waals surface area contributed by atoms with Crippen molar-refractivity contribution in [3.05, 3.63) is 0 Å². The molecule has 4 amide bonds. The zero-order valence-corrected chi connectivity index (χ0v) is 74.2. The van der Waals surface area contributed by atoms with E-state index >= 15 is 0 Å². The largest absolute Gasteiger partial charge is 0.314 e. The molecular weight excluding hydrogens is 1340 g/mol. The molecule has 0 aromatic heterocycles. The summed E-state index contributed by atoms with van der Waals surface area (Å²) in [6, 6.07) is 0. The Morgan fingerprint density at radius 3 is 0.468 bits per heavy atom. The van der Waals surface area contributed by atoms with Crippen molar-refractivity contribution >= 4 is 23.6 Å². The van der Waals surface area contributed by atoms with Crippen LogP contribution in [0.4, 0.5) is 0 Å². The SMILES string of the molecule is CCCCCCCCCCCCCCCCCCCCCCCCCCCCCCCCCCCCCCCCCCC1CC(=O)N(CCNCCNCCNCCN2C(=O)CC(CCCCCCCCCCCCCCCCCCCCCCCCCCCCCCCCCCCCCCCCCC)C2=O)C1=O. The Kier molecular flexibility index (Phi) is 81.0. The van der Waals surface area contributed by atoms with E-state index in [9.17, 15) is 19.2 Å². The molecule has 2 atom stereocenters. The molecule has 0 spiro atoms. The number of amides is 4. The first-order valence-corrected chi connectivity index (χ1v) is 50.8. The van der Waals surface area contributed by atoms with Crippen molar-refractivity contribution in [2.45, 2.75) is 553 Å². The van der Waals surface area contributed by atoms with Crippen molar-refractivity contribution in [3.63, 3.8) is 0 Å². The van der Waals surface area contributed by atoms with Gasteiger partial charge in [0, 0.05) is 77.0 Å². The van der Waals surface area contributed by atoms with E-state index in [-0.39, 0.29) is 35.5 Å². The number of unbranched alkanes of at least 4 members (excludes halogenated alkanes) is 78. The molecule has 0 radical (unpaired) electrons. The van der Waals surface area contributed by atoms with E-state index in [1.807, 2.05) is 0 Å². The smallest absolute Gasteiger partial charge is 0.232 e. The van der Waals surface area contributed by atoms with E-state index in [1.165, 1.54) is 511 Å². The number of rotatable bonds is 94. The Hall–Kier alpha value is -1.84. The van der Waals surface area contributed by atoms with Crippen molar-refractivity contribution in [3.8, 4) is 0 Å². The van der Waals surface area contributed by atoms with Gasteiger partial charge in [-0.25, -0.2) is 0 Å². The van der Waals surface area contributed by atoms with E-state index in [4.69, 9.17) is 0 Å². The summed E-state index contributed by atoms with van der Waals surface area (Å²) in [5.41, 5.74) is 0. The number of likely N-dealkylation sites (tertiary alicyclic amines) is 2. The van der Waals surface area contributed by atoms with Crippen LogP contribution in [0.1, 0.15) is 553 Å². The maximum atomic E-state index is 13.1. The molecule has 2 aliphatic rings. The van der Waals surface area contributed by atoms with Gasteiger partial charge in [-0.3, -0.25) is 29.0 Å². The molecule has 2 saturated heterocycles. The maximum Gasteiger partial charge on any atom is 0.232 e. The van der Waals surface area contributed by atoms with Gasteiger partial charge in [0.05, 0.1) is 0 Å². The van der Waals surface area contributed by atoms with Gasteiger partial charge in [-0.1, -0.05) is 528 Å². The number of hydrogen-bond donors (Lipinski definition) is 3. The van der Waals surface area contributed by atoms with Crippen LogP contribution >= 0.6 is 0 Å². The molecule has 0 aliphatic carbocycles. The summed E-state index contributed by atoms with van der Waals surface area (Å²) in [7, 11) is 0. The number of nitrogens with one attached hydrogen (secondary N) is 3. The van der Waals surface area contributed by atoms with E-state index in [0.717, 1.165) is 51.9 Å². The van der Waals surface area contributed by atoms with Crippen LogP contribution in [0.25, 0.3) is 0 Å². The van der Waals surface area contributed by atoms with Crippen molar-refractivity contribution in [1.82, 2.24) is 25.8 Å². The van der Waals surface area contributed by atoms with Gasteiger partial charge >= 0.3 is 0 Å². The lowest BCUT2D eigenvalue weighted by molar-refractivity contribution is -0.140. The Balaban J connectivity index is 1.21. The molecule has 2 rings (SSSR count). The van der Waals surface area contributed by atoms with E-state index in [2.05, 4.69) is 29.8 Å². The van der Waals surface area contributed by atoms with Crippen LogP contribution in [-0.2, 0) is 19.2 Å². The second kappa shape index (κ2) is 85.5. The van der Waals surface area contributed by atoms with Gasteiger partial charge < -0.3 is 16.0 Å². The van der Waals surface area contributed by atoms with Gasteiger partial charge in [-0.2, -0.15) is 0 Å². The summed E-state index contributed by atoms with van der Waals surface area (Å²) in [5.74, 6) is -0.192. The molecule has 0 bridgehead atoms. The Labute approximate surface area is 682 Å². The quantitative estimate of drug-likeness (QED) is 0.0411. The maximum absolute atomic E-state index is 13.1. The fraction of sp³-hybridized carbons (Fsp3) is 0.960. The summed E-state index contributed by atoms with van der Waals surface area (Å²) in [5, 5.41) is 10.2. The molecule has 2 unspecified atom stereocenters. The molecule has 644 valence electrons. The molecule has 0 saturated carbocycles. The van der Waals surface area contributed by atoms with Crippen LogP contribution in [0, 0.1) is 11.8 Å². The number of carbonyl (C=O) groups excluding carboxylic acids is 4. The monoisotopic (exact) mass is 1530 g/mol. The lowest BCUT2D eigenvalue weighted by Crippen LogP contribution is -2.40. The van der Waals surface area contributed by atoms with Crippen LogP contribution < -0.4 is 16.0 Å². The highest BCUT2D eigenvalue weighted by atomic mass is 16.2. The minimum atomic E-state index is -0.126. The van der Waals surface area contributed by atoms with Gasteiger partial charge in [-0.05, 0) is 12.8 Å². The summed E-state index contributed by atoms with van der Waals surface area (Å²) in [6.07, 6.45) is 116. The molecular formula is C100H195N5O4. The average Bonchev–Trinajstić information content (AvgIpc) is 1.71. The van der Waals surface area contributed by atoms with Crippen LogP contribution in [0.3, 0.4) is 0 Å². The first-order chi connectivity index (χ1) is 54.0. The highest BCUT2D eigenvalue weighted by Crippen LogP contribution is 2.28. The number of imide groups is 2. The molecule has 0 aromatic rings. The third-order valence-electron chi connectivity index (χ3n) is 25.5. The first kappa shape index (κ1) is 103. The van der Waals surface area contributed by atoms with Crippen LogP contribution in [0.2, 0.25) is 0 Å². The summed E-state index contributed by atoms with van der Waals surface area (Å²) >= 11 is 0. The van der Waals surface area contributed by atoms with Crippen molar-refractivity contribution in [2.75, 3.05) is 52.4 Å². The normalized spacial score (nSPS) is 14.8. The van der Waals surface area contributed by atoms with E-state index in [1.54, 1.807) is 0 Å². The minimum Gasteiger partial charge on any atom is -0.314 e.